The van der Waals surface area contributed by atoms with E-state index in [4.69, 9.17) is 14.3 Å². The number of rotatable bonds is 5. The van der Waals surface area contributed by atoms with Crippen LogP contribution in [0.25, 0.3) is 0 Å². The maximum atomic E-state index is 10.5. The molecule has 0 saturated carbocycles. The largest absolute Gasteiger partial charge is 0.475 e. The predicted molar refractivity (Wildman–Crippen MR) is 58.5 cm³/mol. The van der Waals surface area contributed by atoms with Gasteiger partial charge in [-0.25, -0.2) is 4.79 Å². The van der Waals surface area contributed by atoms with Crippen molar-refractivity contribution < 1.29 is 19.1 Å². The lowest BCUT2D eigenvalue weighted by molar-refractivity contribution is 0.0642. The summed E-state index contributed by atoms with van der Waals surface area (Å²) < 4.78 is 10.4. The summed E-state index contributed by atoms with van der Waals surface area (Å²) in [6, 6.07) is 6.97. The van der Waals surface area contributed by atoms with E-state index in [-0.39, 0.29) is 12.4 Å². The average Bonchev–Trinajstić information content (AvgIpc) is 2.87. The summed E-state index contributed by atoms with van der Waals surface area (Å²) in [6.07, 6.45) is 0. The lowest BCUT2D eigenvalue weighted by atomic mass is 10.4. The van der Waals surface area contributed by atoms with Gasteiger partial charge in [0.2, 0.25) is 5.76 Å². The molecule has 0 radical (unpaired) electrons. The van der Waals surface area contributed by atoms with Crippen molar-refractivity contribution in [2.24, 2.45) is 0 Å². The Kier molecular flexibility index (Phi) is 3.38. The highest BCUT2D eigenvalue weighted by Gasteiger charge is 2.08. The van der Waals surface area contributed by atoms with Crippen LogP contribution < -0.4 is 0 Å². The first-order valence-corrected chi connectivity index (χ1v) is 5.56. The lowest BCUT2D eigenvalue weighted by Gasteiger charge is -1.99. The summed E-state index contributed by atoms with van der Waals surface area (Å²) in [5.74, 6) is -0.604. The van der Waals surface area contributed by atoms with E-state index < -0.39 is 5.97 Å². The highest BCUT2D eigenvalue weighted by atomic mass is 32.1. The first kappa shape index (κ1) is 10.9. The standard InChI is InChI=1S/C11H10O4S/c12-11(13)10-4-3-8(15-10)6-14-7-9-2-1-5-16-9/h1-5H,6-7H2,(H,12,13). The van der Waals surface area contributed by atoms with E-state index in [1.54, 1.807) is 17.4 Å². The van der Waals surface area contributed by atoms with Gasteiger partial charge in [-0.05, 0) is 23.6 Å². The summed E-state index contributed by atoms with van der Waals surface area (Å²) in [6.45, 7) is 0.798. The number of hydrogen-bond donors (Lipinski definition) is 1. The van der Waals surface area contributed by atoms with Crippen LogP contribution in [-0.2, 0) is 18.0 Å². The molecule has 2 rings (SSSR count). The minimum Gasteiger partial charge on any atom is -0.475 e. The molecule has 1 N–H and O–H groups in total. The van der Waals surface area contributed by atoms with Crippen molar-refractivity contribution >= 4 is 17.3 Å². The summed E-state index contributed by atoms with van der Waals surface area (Å²) in [4.78, 5) is 11.7. The van der Waals surface area contributed by atoms with Gasteiger partial charge in [0.05, 0.1) is 6.61 Å². The van der Waals surface area contributed by atoms with Gasteiger partial charge in [-0.1, -0.05) is 6.07 Å². The van der Waals surface area contributed by atoms with Crippen LogP contribution in [0.1, 0.15) is 21.2 Å². The minimum atomic E-state index is -1.07. The van der Waals surface area contributed by atoms with Crippen LogP contribution in [0.5, 0.6) is 0 Å². The molecule has 0 bridgehead atoms. The number of carboxylic acids is 1. The van der Waals surface area contributed by atoms with E-state index in [1.165, 1.54) is 6.07 Å². The third-order valence-electron chi connectivity index (χ3n) is 1.94. The van der Waals surface area contributed by atoms with Crippen LogP contribution in [-0.4, -0.2) is 11.1 Å². The van der Waals surface area contributed by atoms with Gasteiger partial charge in [-0.15, -0.1) is 11.3 Å². The van der Waals surface area contributed by atoms with E-state index in [0.717, 1.165) is 4.88 Å². The number of thiophene rings is 1. The summed E-state index contributed by atoms with van der Waals surface area (Å²) in [5.41, 5.74) is 0. The minimum absolute atomic E-state index is 0.0604. The third kappa shape index (κ3) is 2.71. The maximum Gasteiger partial charge on any atom is 0.371 e. The number of ether oxygens (including phenoxy) is 1. The van der Waals surface area contributed by atoms with E-state index in [0.29, 0.717) is 12.4 Å². The zero-order valence-corrected chi connectivity index (χ0v) is 9.20. The Hall–Kier alpha value is -1.59. The quantitative estimate of drug-likeness (QED) is 0.870. The van der Waals surface area contributed by atoms with Gasteiger partial charge in [0.1, 0.15) is 12.4 Å². The molecular formula is C11H10O4S. The highest BCUT2D eigenvalue weighted by Crippen LogP contribution is 2.13. The van der Waals surface area contributed by atoms with Crippen molar-refractivity contribution in [2.45, 2.75) is 13.2 Å². The van der Waals surface area contributed by atoms with E-state index >= 15 is 0 Å². The second-order valence-electron chi connectivity index (χ2n) is 3.14. The summed E-state index contributed by atoms with van der Waals surface area (Å²) >= 11 is 1.62. The Bertz CT molecular complexity index is 458. The van der Waals surface area contributed by atoms with Gasteiger partial charge >= 0.3 is 5.97 Å². The lowest BCUT2D eigenvalue weighted by Crippen LogP contribution is -1.93. The van der Waals surface area contributed by atoms with Crippen LogP contribution in [0.3, 0.4) is 0 Å². The van der Waals surface area contributed by atoms with Crippen LogP contribution in [0.2, 0.25) is 0 Å². The van der Waals surface area contributed by atoms with E-state index in [1.807, 2.05) is 17.5 Å². The number of carboxylic acid groups (broad SMARTS) is 1. The van der Waals surface area contributed by atoms with E-state index in [2.05, 4.69) is 0 Å². The molecule has 0 fully saturated rings. The van der Waals surface area contributed by atoms with Gasteiger partial charge in [0.15, 0.2) is 0 Å². The molecule has 0 aliphatic carbocycles. The first-order chi connectivity index (χ1) is 7.75. The van der Waals surface area contributed by atoms with Crippen molar-refractivity contribution in [1.29, 1.82) is 0 Å². The molecule has 0 saturated heterocycles. The molecule has 0 aliphatic heterocycles. The average molecular weight is 238 g/mol. The normalized spacial score (nSPS) is 10.5. The molecule has 0 unspecified atom stereocenters. The van der Waals surface area contributed by atoms with Gasteiger partial charge in [-0.3, -0.25) is 0 Å². The molecule has 0 spiro atoms. The molecule has 0 aliphatic rings. The molecule has 2 aromatic rings. The number of carbonyl (C=O) groups is 1. The molecule has 4 nitrogen and oxygen atoms in total. The number of furan rings is 1. The monoisotopic (exact) mass is 238 g/mol. The smallest absolute Gasteiger partial charge is 0.371 e. The molecular weight excluding hydrogens is 228 g/mol. The van der Waals surface area contributed by atoms with Crippen molar-refractivity contribution in [3.8, 4) is 0 Å². The van der Waals surface area contributed by atoms with E-state index in [9.17, 15) is 4.79 Å². The Balaban J connectivity index is 1.83. The molecule has 0 aromatic carbocycles. The third-order valence-corrected chi connectivity index (χ3v) is 2.79. The SMILES string of the molecule is O=C(O)c1ccc(COCc2cccs2)o1. The van der Waals surface area contributed by atoms with Crippen LogP contribution in [0.4, 0.5) is 0 Å². The zero-order chi connectivity index (χ0) is 11.4. The van der Waals surface area contributed by atoms with Gasteiger partial charge in [-0.2, -0.15) is 0 Å². The fraction of sp³-hybridized carbons (Fsp3) is 0.182. The van der Waals surface area contributed by atoms with Crippen molar-refractivity contribution in [2.75, 3.05) is 0 Å². The predicted octanol–water partition coefficient (Wildman–Crippen LogP) is 2.76. The van der Waals surface area contributed by atoms with Crippen molar-refractivity contribution in [1.82, 2.24) is 0 Å². The molecule has 2 heterocycles. The highest BCUT2D eigenvalue weighted by molar-refractivity contribution is 7.09. The summed E-state index contributed by atoms with van der Waals surface area (Å²) in [7, 11) is 0. The Labute approximate surface area is 96.1 Å². The summed E-state index contributed by atoms with van der Waals surface area (Å²) in [5, 5.41) is 10.6. The van der Waals surface area contributed by atoms with Crippen LogP contribution in [0, 0.1) is 0 Å². The van der Waals surface area contributed by atoms with Gasteiger partial charge in [0, 0.05) is 4.88 Å². The van der Waals surface area contributed by atoms with Crippen molar-refractivity contribution in [3.63, 3.8) is 0 Å². The van der Waals surface area contributed by atoms with Gasteiger partial charge < -0.3 is 14.3 Å². The van der Waals surface area contributed by atoms with Crippen LogP contribution in [0.15, 0.2) is 34.1 Å². The Morgan fingerprint density at radius 3 is 2.88 bits per heavy atom. The number of aromatic carboxylic acids is 1. The topological polar surface area (TPSA) is 59.7 Å². The van der Waals surface area contributed by atoms with Gasteiger partial charge in [0.25, 0.3) is 0 Å². The molecule has 0 atom stereocenters. The molecule has 2 aromatic heterocycles. The second-order valence-corrected chi connectivity index (χ2v) is 4.18. The van der Waals surface area contributed by atoms with Crippen molar-refractivity contribution in [3.05, 3.63) is 46.0 Å². The maximum absolute atomic E-state index is 10.5. The Morgan fingerprint density at radius 2 is 2.25 bits per heavy atom. The molecule has 84 valence electrons. The van der Waals surface area contributed by atoms with Crippen LogP contribution >= 0.6 is 11.3 Å². The Morgan fingerprint density at radius 1 is 1.38 bits per heavy atom. The number of hydrogen-bond acceptors (Lipinski definition) is 4. The first-order valence-electron chi connectivity index (χ1n) is 4.68. The molecule has 5 heteroatoms. The fourth-order valence-corrected chi connectivity index (χ4v) is 1.86. The fourth-order valence-electron chi connectivity index (χ4n) is 1.22. The zero-order valence-electron chi connectivity index (χ0n) is 8.38. The molecule has 0 amide bonds. The molecule has 16 heavy (non-hydrogen) atoms. The second kappa shape index (κ2) is 4.96.